The topological polar surface area (TPSA) is 92.5 Å². The molecule has 16 heavy (non-hydrogen) atoms. The van der Waals surface area contributed by atoms with Crippen LogP contribution in [0.15, 0.2) is 24.5 Å². The number of nitrogens with one attached hydrogen (secondary N) is 2. The number of aromatic nitrogens is 4. The number of hydrogen-bond acceptors (Lipinski definition) is 5. The lowest BCUT2D eigenvalue weighted by atomic mass is 10.1. The van der Waals surface area contributed by atoms with Crippen molar-refractivity contribution in [2.45, 2.75) is 12.5 Å². The van der Waals surface area contributed by atoms with Crippen LogP contribution in [0.5, 0.6) is 0 Å². The molecule has 2 rings (SSSR count). The fourth-order valence-electron chi connectivity index (χ4n) is 1.59. The molecule has 0 aliphatic rings. The highest BCUT2D eigenvalue weighted by atomic mass is 15.3. The van der Waals surface area contributed by atoms with E-state index < -0.39 is 0 Å². The van der Waals surface area contributed by atoms with Gasteiger partial charge >= 0.3 is 0 Å². The monoisotopic (exact) mass is 218 g/mol. The van der Waals surface area contributed by atoms with Crippen LogP contribution >= 0.6 is 0 Å². The molecular formula is C10H14N6. The molecule has 4 N–H and O–H groups in total. The maximum atomic E-state index is 5.63. The zero-order chi connectivity index (χ0) is 11.4. The first-order chi connectivity index (χ1) is 7.79. The van der Waals surface area contributed by atoms with Crippen LogP contribution in [-0.4, -0.2) is 27.4 Å². The standard InChI is InChI=1S/C10H14N6/c1-12-8(9-6-14-16-15-9)4-7-2-3-13-10(11)5-7/h2-3,5-6,8,12H,4H2,1H3,(H2,11,13)(H,14,15,16). The Hall–Kier alpha value is -1.95. The third kappa shape index (κ3) is 2.34. The first kappa shape index (κ1) is 10.6. The molecule has 2 heterocycles. The molecule has 1 atom stereocenters. The van der Waals surface area contributed by atoms with Gasteiger partial charge in [0.15, 0.2) is 0 Å². The average Bonchev–Trinajstić information content (AvgIpc) is 2.79. The van der Waals surface area contributed by atoms with Crippen LogP contribution in [0.25, 0.3) is 0 Å². The van der Waals surface area contributed by atoms with Crippen LogP contribution in [0.1, 0.15) is 17.3 Å². The molecule has 0 aliphatic carbocycles. The smallest absolute Gasteiger partial charge is 0.123 e. The molecule has 0 bridgehead atoms. The van der Waals surface area contributed by atoms with Crippen molar-refractivity contribution in [3.05, 3.63) is 35.8 Å². The van der Waals surface area contributed by atoms with Crippen LogP contribution < -0.4 is 11.1 Å². The summed E-state index contributed by atoms with van der Waals surface area (Å²) in [5, 5.41) is 13.7. The predicted octanol–water partition coefficient (Wildman–Crippen LogP) is 0.285. The summed E-state index contributed by atoms with van der Waals surface area (Å²) in [6.07, 6.45) is 4.22. The Balaban J connectivity index is 2.13. The fourth-order valence-corrected chi connectivity index (χ4v) is 1.59. The number of nitrogen functional groups attached to an aromatic ring is 1. The van der Waals surface area contributed by atoms with Gasteiger partial charge in [0.25, 0.3) is 0 Å². The minimum atomic E-state index is 0.126. The quantitative estimate of drug-likeness (QED) is 0.685. The molecule has 0 saturated heterocycles. The number of nitrogens with zero attached hydrogens (tertiary/aromatic N) is 3. The molecule has 0 aliphatic heterocycles. The Bertz CT molecular complexity index is 438. The van der Waals surface area contributed by atoms with Gasteiger partial charge in [-0.05, 0) is 31.2 Å². The molecule has 84 valence electrons. The van der Waals surface area contributed by atoms with Crippen LogP contribution in [0, 0.1) is 0 Å². The van der Waals surface area contributed by atoms with E-state index in [2.05, 4.69) is 25.7 Å². The van der Waals surface area contributed by atoms with E-state index in [0.717, 1.165) is 17.7 Å². The number of aromatic amines is 1. The second-order valence-electron chi connectivity index (χ2n) is 3.53. The largest absolute Gasteiger partial charge is 0.384 e. The fraction of sp³-hybridized carbons (Fsp3) is 0.300. The van der Waals surface area contributed by atoms with Crippen molar-refractivity contribution < 1.29 is 0 Å². The number of rotatable bonds is 4. The van der Waals surface area contributed by atoms with E-state index in [1.807, 2.05) is 19.2 Å². The lowest BCUT2D eigenvalue weighted by molar-refractivity contribution is 0.574. The van der Waals surface area contributed by atoms with Crippen molar-refractivity contribution in [2.75, 3.05) is 12.8 Å². The van der Waals surface area contributed by atoms with Gasteiger partial charge in [0, 0.05) is 6.20 Å². The maximum Gasteiger partial charge on any atom is 0.123 e. The summed E-state index contributed by atoms with van der Waals surface area (Å²) in [7, 11) is 1.89. The van der Waals surface area contributed by atoms with E-state index in [1.54, 1.807) is 12.4 Å². The maximum absolute atomic E-state index is 5.63. The number of H-pyrrole nitrogens is 1. The molecule has 2 aromatic heterocycles. The highest BCUT2D eigenvalue weighted by Gasteiger charge is 2.12. The molecular weight excluding hydrogens is 204 g/mol. The summed E-state index contributed by atoms with van der Waals surface area (Å²) in [5.41, 5.74) is 7.64. The first-order valence-electron chi connectivity index (χ1n) is 5.03. The number of anilines is 1. The lowest BCUT2D eigenvalue weighted by Gasteiger charge is -2.13. The van der Waals surface area contributed by atoms with Crippen LogP contribution in [0.2, 0.25) is 0 Å². The SMILES string of the molecule is CNC(Cc1ccnc(N)c1)c1cn[nH]n1. The van der Waals surface area contributed by atoms with Gasteiger partial charge in [0.2, 0.25) is 0 Å². The molecule has 0 amide bonds. The van der Waals surface area contributed by atoms with E-state index in [0.29, 0.717) is 5.82 Å². The molecule has 0 fully saturated rings. The molecule has 1 unspecified atom stereocenters. The molecule has 6 nitrogen and oxygen atoms in total. The molecule has 0 spiro atoms. The summed E-state index contributed by atoms with van der Waals surface area (Å²) < 4.78 is 0. The van der Waals surface area contributed by atoms with Crippen molar-refractivity contribution in [3.63, 3.8) is 0 Å². The van der Waals surface area contributed by atoms with E-state index in [9.17, 15) is 0 Å². The number of likely N-dealkylation sites (N-methyl/N-ethyl adjacent to an activating group) is 1. The summed E-state index contributed by atoms with van der Waals surface area (Å²) >= 11 is 0. The van der Waals surface area contributed by atoms with Gasteiger partial charge in [-0.3, -0.25) is 0 Å². The average molecular weight is 218 g/mol. The minimum Gasteiger partial charge on any atom is -0.384 e. The first-order valence-corrected chi connectivity index (χ1v) is 5.03. The van der Waals surface area contributed by atoms with Crippen LogP contribution in [-0.2, 0) is 6.42 Å². The van der Waals surface area contributed by atoms with Crippen molar-refractivity contribution >= 4 is 5.82 Å². The second-order valence-corrected chi connectivity index (χ2v) is 3.53. The Kier molecular flexibility index (Phi) is 3.11. The number of pyridine rings is 1. The third-order valence-corrected chi connectivity index (χ3v) is 2.42. The molecule has 6 heteroatoms. The van der Waals surface area contributed by atoms with Gasteiger partial charge < -0.3 is 11.1 Å². The van der Waals surface area contributed by atoms with E-state index in [4.69, 9.17) is 5.73 Å². The molecule has 0 radical (unpaired) electrons. The lowest BCUT2D eigenvalue weighted by Crippen LogP contribution is -2.19. The Labute approximate surface area is 93.3 Å². The van der Waals surface area contributed by atoms with E-state index in [1.165, 1.54) is 0 Å². The Morgan fingerprint density at radius 1 is 1.56 bits per heavy atom. The summed E-state index contributed by atoms with van der Waals surface area (Å²) in [6, 6.07) is 3.94. The highest BCUT2D eigenvalue weighted by Crippen LogP contribution is 2.15. The number of nitrogens with two attached hydrogens (primary N) is 1. The normalized spacial score (nSPS) is 12.6. The van der Waals surface area contributed by atoms with Crippen molar-refractivity contribution in [3.8, 4) is 0 Å². The Morgan fingerprint density at radius 2 is 2.44 bits per heavy atom. The van der Waals surface area contributed by atoms with Gasteiger partial charge in [-0.15, -0.1) is 0 Å². The Morgan fingerprint density at radius 3 is 3.06 bits per heavy atom. The summed E-state index contributed by atoms with van der Waals surface area (Å²) in [5.74, 6) is 0.535. The van der Waals surface area contributed by atoms with Crippen LogP contribution in [0.3, 0.4) is 0 Å². The third-order valence-electron chi connectivity index (χ3n) is 2.42. The van der Waals surface area contributed by atoms with Crippen molar-refractivity contribution in [1.82, 2.24) is 25.7 Å². The summed E-state index contributed by atoms with van der Waals surface area (Å²) in [4.78, 5) is 3.96. The predicted molar refractivity (Wildman–Crippen MR) is 60.5 cm³/mol. The number of hydrogen-bond donors (Lipinski definition) is 3. The minimum absolute atomic E-state index is 0.126. The zero-order valence-electron chi connectivity index (χ0n) is 9.01. The summed E-state index contributed by atoms with van der Waals surface area (Å²) in [6.45, 7) is 0. The van der Waals surface area contributed by atoms with Crippen molar-refractivity contribution in [2.24, 2.45) is 0 Å². The second kappa shape index (κ2) is 4.71. The molecule has 2 aromatic rings. The van der Waals surface area contributed by atoms with Gasteiger partial charge in [0.1, 0.15) is 5.82 Å². The van der Waals surface area contributed by atoms with Gasteiger partial charge in [0.05, 0.1) is 17.9 Å². The molecule has 0 aromatic carbocycles. The van der Waals surface area contributed by atoms with E-state index >= 15 is 0 Å². The van der Waals surface area contributed by atoms with Gasteiger partial charge in [-0.25, -0.2) is 4.98 Å². The van der Waals surface area contributed by atoms with Gasteiger partial charge in [-0.2, -0.15) is 15.4 Å². The van der Waals surface area contributed by atoms with Gasteiger partial charge in [-0.1, -0.05) is 0 Å². The zero-order valence-corrected chi connectivity index (χ0v) is 9.01. The van der Waals surface area contributed by atoms with Crippen LogP contribution in [0.4, 0.5) is 5.82 Å². The van der Waals surface area contributed by atoms with Crippen molar-refractivity contribution in [1.29, 1.82) is 0 Å². The molecule has 0 saturated carbocycles. The van der Waals surface area contributed by atoms with E-state index in [-0.39, 0.29) is 6.04 Å². The highest BCUT2D eigenvalue weighted by molar-refractivity contribution is 5.32.